The lowest BCUT2D eigenvalue weighted by Crippen LogP contribution is -2.22. The van der Waals surface area contributed by atoms with E-state index in [9.17, 15) is 9.18 Å². The lowest BCUT2D eigenvalue weighted by Gasteiger charge is -2.08. The number of aryl methyl sites for hydroxylation is 1. The minimum absolute atomic E-state index is 0.240. The number of hydrogen-bond acceptors (Lipinski definition) is 5. The van der Waals surface area contributed by atoms with Crippen LogP contribution in [0.5, 0.6) is 5.75 Å². The number of amides is 1. The van der Waals surface area contributed by atoms with E-state index in [4.69, 9.17) is 4.74 Å². The van der Waals surface area contributed by atoms with E-state index in [1.54, 1.807) is 41.1 Å². The van der Waals surface area contributed by atoms with Gasteiger partial charge in [-0.25, -0.2) is 9.07 Å². The number of tetrazole rings is 1. The van der Waals surface area contributed by atoms with Gasteiger partial charge in [0, 0.05) is 18.7 Å². The molecule has 1 heterocycles. The second kappa shape index (κ2) is 8.19. The highest BCUT2D eigenvalue weighted by Crippen LogP contribution is 2.14. The number of carbonyl (C=O) groups excluding carboxylic acids is 1. The predicted molar refractivity (Wildman–Crippen MR) is 91.8 cm³/mol. The fraction of sp³-hybridized carbons (Fsp3) is 0.222. The normalized spacial score (nSPS) is 10.5. The summed E-state index contributed by atoms with van der Waals surface area (Å²) in [5.41, 5.74) is 1.19. The molecule has 0 saturated heterocycles. The van der Waals surface area contributed by atoms with E-state index >= 15 is 0 Å². The molecule has 0 spiro atoms. The highest BCUT2D eigenvalue weighted by Gasteiger charge is 2.08. The van der Waals surface area contributed by atoms with Crippen molar-refractivity contribution in [1.82, 2.24) is 25.5 Å². The number of ether oxygens (including phenoxy) is 1. The van der Waals surface area contributed by atoms with E-state index < -0.39 is 0 Å². The highest BCUT2D eigenvalue weighted by atomic mass is 19.1. The molecular formula is C18H18FN5O2. The fourth-order valence-electron chi connectivity index (χ4n) is 2.35. The molecule has 0 aliphatic rings. The zero-order valence-corrected chi connectivity index (χ0v) is 14.2. The Morgan fingerprint density at radius 1 is 1.23 bits per heavy atom. The predicted octanol–water partition coefficient (Wildman–Crippen LogP) is 2.34. The van der Waals surface area contributed by atoms with Gasteiger partial charge in [-0.1, -0.05) is 12.1 Å². The van der Waals surface area contributed by atoms with Crippen LogP contribution in [0.1, 0.15) is 28.7 Å². The van der Waals surface area contributed by atoms with Crippen LogP contribution in [0.3, 0.4) is 0 Å². The Morgan fingerprint density at radius 2 is 2.04 bits per heavy atom. The molecule has 1 amide bonds. The molecule has 8 heteroatoms. The number of hydrogen-bond donors (Lipinski definition) is 1. The molecule has 0 radical (unpaired) electrons. The largest absolute Gasteiger partial charge is 0.486 e. The molecule has 3 rings (SSSR count). The lowest BCUT2D eigenvalue weighted by molar-refractivity contribution is 0.0951. The first-order valence-corrected chi connectivity index (χ1v) is 8.16. The monoisotopic (exact) mass is 355 g/mol. The first kappa shape index (κ1) is 17.5. The number of nitrogens with zero attached hydrogens (tertiary/aromatic N) is 4. The van der Waals surface area contributed by atoms with Crippen molar-refractivity contribution in [2.24, 2.45) is 0 Å². The zero-order chi connectivity index (χ0) is 18.4. The van der Waals surface area contributed by atoms with Crippen LogP contribution in [-0.2, 0) is 19.7 Å². The van der Waals surface area contributed by atoms with Crippen molar-refractivity contribution >= 4 is 5.91 Å². The number of aromatic nitrogens is 4. The van der Waals surface area contributed by atoms with E-state index in [0.717, 1.165) is 0 Å². The van der Waals surface area contributed by atoms with Crippen molar-refractivity contribution in [3.63, 3.8) is 0 Å². The van der Waals surface area contributed by atoms with Gasteiger partial charge in [-0.3, -0.25) is 4.79 Å². The molecule has 0 unspecified atom stereocenters. The van der Waals surface area contributed by atoms with Gasteiger partial charge in [0.1, 0.15) is 18.2 Å². The molecule has 0 saturated carbocycles. The molecule has 1 N–H and O–H groups in total. The topological polar surface area (TPSA) is 81.9 Å². The van der Waals surface area contributed by atoms with Gasteiger partial charge in [-0.2, -0.15) is 0 Å². The Hall–Kier alpha value is -3.29. The quantitative estimate of drug-likeness (QED) is 0.703. The van der Waals surface area contributed by atoms with Crippen LogP contribution in [0.25, 0.3) is 0 Å². The Balaban J connectivity index is 1.54. The van der Waals surface area contributed by atoms with E-state index in [-0.39, 0.29) is 24.9 Å². The third-order valence-corrected chi connectivity index (χ3v) is 3.73. The Labute approximate surface area is 149 Å². The summed E-state index contributed by atoms with van der Waals surface area (Å²) >= 11 is 0. The van der Waals surface area contributed by atoms with Gasteiger partial charge in [-0.05, 0) is 59.3 Å². The van der Waals surface area contributed by atoms with Gasteiger partial charge in [0.15, 0.2) is 5.82 Å². The average Bonchev–Trinajstić information content (AvgIpc) is 3.12. The summed E-state index contributed by atoms with van der Waals surface area (Å²) in [6.07, 6.45) is 0. The summed E-state index contributed by atoms with van der Waals surface area (Å²) in [4.78, 5) is 12.2. The van der Waals surface area contributed by atoms with Crippen molar-refractivity contribution in [3.8, 4) is 5.75 Å². The van der Waals surface area contributed by atoms with E-state index in [0.29, 0.717) is 29.2 Å². The number of nitrogens with one attached hydrogen (secondary N) is 1. The molecule has 134 valence electrons. The minimum Gasteiger partial charge on any atom is -0.486 e. The van der Waals surface area contributed by atoms with Gasteiger partial charge < -0.3 is 10.1 Å². The maximum Gasteiger partial charge on any atom is 0.251 e. The molecule has 0 bridgehead atoms. The second-order valence-corrected chi connectivity index (χ2v) is 5.54. The molecule has 0 fully saturated rings. The van der Waals surface area contributed by atoms with Crippen molar-refractivity contribution in [2.45, 2.75) is 26.6 Å². The summed E-state index contributed by atoms with van der Waals surface area (Å²) in [7, 11) is 0. The summed E-state index contributed by atoms with van der Waals surface area (Å²) in [5, 5.41) is 14.1. The fourth-order valence-corrected chi connectivity index (χ4v) is 2.35. The highest BCUT2D eigenvalue weighted by molar-refractivity contribution is 5.94. The van der Waals surface area contributed by atoms with E-state index in [1.165, 1.54) is 12.1 Å². The Morgan fingerprint density at radius 3 is 2.77 bits per heavy atom. The van der Waals surface area contributed by atoms with Crippen molar-refractivity contribution in [3.05, 3.63) is 71.3 Å². The smallest absolute Gasteiger partial charge is 0.251 e. The van der Waals surface area contributed by atoms with Crippen LogP contribution in [0.2, 0.25) is 0 Å². The van der Waals surface area contributed by atoms with E-state index in [2.05, 4.69) is 20.8 Å². The summed E-state index contributed by atoms with van der Waals surface area (Å²) in [6, 6.07) is 12.9. The van der Waals surface area contributed by atoms with Crippen molar-refractivity contribution < 1.29 is 13.9 Å². The van der Waals surface area contributed by atoms with Crippen LogP contribution in [0.15, 0.2) is 48.5 Å². The molecule has 3 aromatic rings. The first-order chi connectivity index (χ1) is 12.7. The molecule has 7 nitrogen and oxygen atoms in total. The molecule has 0 aliphatic carbocycles. The van der Waals surface area contributed by atoms with E-state index in [1.807, 2.05) is 6.92 Å². The second-order valence-electron chi connectivity index (χ2n) is 5.54. The van der Waals surface area contributed by atoms with Crippen LogP contribution in [0, 0.1) is 5.82 Å². The summed E-state index contributed by atoms with van der Waals surface area (Å²) in [6.45, 7) is 3.10. The maximum atomic E-state index is 13.1. The Kier molecular flexibility index (Phi) is 5.52. The lowest BCUT2D eigenvalue weighted by atomic mass is 10.2. The summed E-state index contributed by atoms with van der Waals surface area (Å²) < 4.78 is 20.4. The maximum absolute atomic E-state index is 13.1. The van der Waals surface area contributed by atoms with Gasteiger partial charge in [0.25, 0.3) is 5.91 Å². The van der Waals surface area contributed by atoms with Crippen LogP contribution in [-0.4, -0.2) is 26.1 Å². The van der Waals surface area contributed by atoms with Gasteiger partial charge >= 0.3 is 0 Å². The minimum atomic E-state index is -0.327. The number of halogens is 1. The van der Waals surface area contributed by atoms with Gasteiger partial charge in [-0.15, -0.1) is 5.10 Å². The number of benzene rings is 2. The Bertz CT molecular complexity index is 879. The molecule has 0 atom stereocenters. The molecular weight excluding hydrogens is 337 g/mol. The molecule has 26 heavy (non-hydrogen) atoms. The molecule has 0 aliphatic heterocycles. The standard InChI is InChI=1S/C18H18FN5O2/c1-2-24-17(21-22-23-24)12-26-16-8-6-14(7-9-16)18(25)20-11-13-4-3-5-15(19)10-13/h3-10H,2,11-12H2,1H3,(H,20,25). The number of carbonyl (C=O) groups is 1. The van der Waals surface area contributed by atoms with Crippen molar-refractivity contribution in [2.75, 3.05) is 0 Å². The van der Waals surface area contributed by atoms with Crippen molar-refractivity contribution in [1.29, 1.82) is 0 Å². The van der Waals surface area contributed by atoms with Gasteiger partial charge in [0.05, 0.1) is 0 Å². The van der Waals surface area contributed by atoms with Crippen LogP contribution < -0.4 is 10.1 Å². The third-order valence-electron chi connectivity index (χ3n) is 3.73. The first-order valence-electron chi connectivity index (χ1n) is 8.16. The van der Waals surface area contributed by atoms with Gasteiger partial charge in [0.2, 0.25) is 0 Å². The summed E-state index contributed by atoms with van der Waals surface area (Å²) in [5.74, 6) is 0.671. The average molecular weight is 355 g/mol. The number of rotatable bonds is 7. The zero-order valence-electron chi connectivity index (χ0n) is 14.2. The van der Waals surface area contributed by atoms with Crippen LogP contribution in [0.4, 0.5) is 4.39 Å². The third kappa shape index (κ3) is 4.41. The molecule has 2 aromatic carbocycles. The SMILES string of the molecule is CCn1nnnc1COc1ccc(C(=O)NCc2cccc(F)c2)cc1. The molecule has 1 aromatic heterocycles. The van der Waals surface area contributed by atoms with Crippen LogP contribution >= 0.6 is 0 Å².